The first kappa shape index (κ1) is 11.0. The summed E-state index contributed by atoms with van der Waals surface area (Å²) in [6.07, 6.45) is 0. The quantitative estimate of drug-likeness (QED) is 0.918. The van der Waals surface area contributed by atoms with Crippen molar-refractivity contribution in [3.63, 3.8) is 0 Å². The molecule has 4 heteroatoms. The van der Waals surface area contributed by atoms with E-state index in [0.717, 1.165) is 15.7 Å². The summed E-state index contributed by atoms with van der Waals surface area (Å²) >= 11 is 3.39. The minimum absolute atomic E-state index is 0.459. The molecule has 0 unspecified atom stereocenters. The predicted octanol–water partition coefficient (Wildman–Crippen LogP) is 3.10. The van der Waals surface area contributed by atoms with Gasteiger partial charge in [-0.2, -0.15) is 0 Å². The van der Waals surface area contributed by atoms with E-state index in [0.29, 0.717) is 11.6 Å². The number of hydrogen-bond acceptors (Lipinski definition) is 3. The Morgan fingerprint density at radius 3 is 2.44 bits per heavy atom. The van der Waals surface area contributed by atoms with E-state index < -0.39 is 0 Å². The molecule has 0 spiro atoms. The fourth-order valence-corrected chi connectivity index (χ4v) is 1.66. The zero-order valence-corrected chi connectivity index (χ0v) is 10.4. The summed E-state index contributed by atoms with van der Waals surface area (Å²) in [6, 6.07) is 11.6. The van der Waals surface area contributed by atoms with Gasteiger partial charge in [-0.15, -0.1) is 0 Å². The maximum absolute atomic E-state index is 5.71. The molecule has 0 amide bonds. The molecular weight excluding hydrogens is 268 g/mol. The number of nitrogen functional groups attached to an aromatic ring is 1. The van der Waals surface area contributed by atoms with E-state index in [9.17, 15) is 0 Å². The molecule has 0 aliphatic carbocycles. The maximum atomic E-state index is 5.71. The summed E-state index contributed by atoms with van der Waals surface area (Å²) in [6.45, 7) is 0. The van der Waals surface area contributed by atoms with Crippen LogP contribution in [0, 0.1) is 0 Å². The van der Waals surface area contributed by atoms with Gasteiger partial charge in [-0.1, -0.05) is 28.1 Å². The summed E-state index contributed by atoms with van der Waals surface area (Å²) in [7, 11) is 1.56. The lowest BCUT2D eigenvalue weighted by Gasteiger charge is -2.06. The second-order valence-electron chi connectivity index (χ2n) is 3.30. The van der Waals surface area contributed by atoms with Crippen LogP contribution in [0.25, 0.3) is 11.3 Å². The number of halogens is 1. The third kappa shape index (κ3) is 2.17. The molecule has 82 valence electrons. The molecule has 3 nitrogen and oxygen atoms in total. The van der Waals surface area contributed by atoms with Gasteiger partial charge >= 0.3 is 0 Å². The van der Waals surface area contributed by atoms with Crippen molar-refractivity contribution in [2.45, 2.75) is 0 Å². The van der Waals surface area contributed by atoms with Crippen LogP contribution >= 0.6 is 15.9 Å². The number of methoxy groups -OCH3 is 1. The minimum atomic E-state index is 0.459. The number of benzene rings is 1. The maximum Gasteiger partial charge on any atom is 0.237 e. The lowest BCUT2D eigenvalue weighted by molar-refractivity contribution is 0.401. The first-order chi connectivity index (χ1) is 7.70. The van der Waals surface area contributed by atoms with Crippen LogP contribution in [0.5, 0.6) is 5.88 Å². The summed E-state index contributed by atoms with van der Waals surface area (Å²) < 4.78 is 6.13. The fourth-order valence-electron chi connectivity index (χ4n) is 1.40. The molecule has 2 aromatic rings. The Kier molecular flexibility index (Phi) is 3.10. The van der Waals surface area contributed by atoms with Gasteiger partial charge in [-0.3, -0.25) is 0 Å². The zero-order chi connectivity index (χ0) is 11.5. The highest BCUT2D eigenvalue weighted by atomic mass is 79.9. The topological polar surface area (TPSA) is 48.1 Å². The van der Waals surface area contributed by atoms with Gasteiger partial charge in [0.1, 0.15) is 0 Å². The van der Waals surface area contributed by atoms with Gasteiger partial charge in [0.2, 0.25) is 5.88 Å². The number of anilines is 1. The molecule has 0 radical (unpaired) electrons. The van der Waals surface area contributed by atoms with Crippen molar-refractivity contribution in [3.05, 3.63) is 40.9 Å². The molecule has 0 aliphatic rings. The molecule has 0 bridgehead atoms. The molecule has 2 N–H and O–H groups in total. The second-order valence-corrected chi connectivity index (χ2v) is 4.22. The van der Waals surface area contributed by atoms with Gasteiger partial charge in [-0.05, 0) is 24.3 Å². The molecule has 1 heterocycles. The second kappa shape index (κ2) is 4.53. The van der Waals surface area contributed by atoms with Crippen molar-refractivity contribution < 1.29 is 4.74 Å². The first-order valence-electron chi connectivity index (χ1n) is 4.77. The number of pyridine rings is 1. The SMILES string of the molecule is COc1nc(-c2ccc(Br)cc2)ccc1N. The van der Waals surface area contributed by atoms with Crippen LogP contribution in [0.15, 0.2) is 40.9 Å². The van der Waals surface area contributed by atoms with Gasteiger partial charge in [0.05, 0.1) is 18.5 Å². The van der Waals surface area contributed by atoms with Crippen molar-refractivity contribution in [2.24, 2.45) is 0 Å². The number of rotatable bonds is 2. The van der Waals surface area contributed by atoms with E-state index in [2.05, 4.69) is 20.9 Å². The standard InChI is InChI=1S/C12H11BrN2O/c1-16-12-10(14)6-7-11(15-12)8-2-4-9(13)5-3-8/h2-7H,14H2,1H3. The summed E-state index contributed by atoms with van der Waals surface area (Å²) in [5.41, 5.74) is 8.13. The van der Waals surface area contributed by atoms with Crippen LogP contribution in [0.4, 0.5) is 5.69 Å². The van der Waals surface area contributed by atoms with Crippen molar-refractivity contribution >= 4 is 21.6 Å². The first-order valence-corrected chi connectivity index (χ1v) is 5.56. The van der Waals surface area contributed by atoms with Gasteiger partial charge in [-0.25, -0.2) is 4.98 Å². The van der Waals surface area contributed by atoms with E-state index in [1.807, 2.05) is 30.3 Å². The highest BCUT2D eigenvalue weighted by molar-refractivity contribution is 9.10. The lowest BCUT2D eigenvalue weighted by Crippen LogP contribution is -1.96. The van der Waals surface area contributed by atoms with Crippen molar-refractivity contribution in [2.75, 3.05) is 12.8 Å². The highest BCUT2D eigenvalue weighted by Crippen LogP contribution is 2.25. The molecule has 0 fully saturated rings. The van der Waals surface area contributed by atoms with Crippen molar-refractivity contribution in [1.29, 1.82) is 0 Å². The predicted molar refractivity (Wildman–Crippen MR) is 68.3 cm³/mol. The van der Waals surface area contributed by atoms with E-state index in [1.54, 1.807) is 13.2 Å². The lowest BCUT2D eigenvalue weighted by atomic mass is 10.1. The summed E-state index contributed by atoms with van der Waals surface area (Å²) in [5, 5.41) is 0. The average molecular weight is 279 g/mol. The molecule has 0 saturated carbocycles. The van der Waals surface area contributed by atoms with Crippen molar-refractivity contribution in [1.82, 2.24) is 4.98 Å². The molecule has 0 atom stereocenters. The number of aromatic nitrogens is 1. The molecule has 1 aromatic heterocycles. The molecular formula is C12H11BrN2O. The van der Waals surface area contributed by atoms with E-state index in [1.165, 1.54) is 0 Å². The van der Waals surface area contributed by atoms with E-state index in [4.69, 9.17) is 10.5 Å². The number of nitrogens with zero attached hydrogens (tertiary/aromatic N) is 1. The Morgan fingerprint density at radius 1 is 1.12 bits per heavy atom. The Bertz CT molecular complexity index is 497. The molecule has 0 saturated heterocycles. The Hall–Kier alpha value is -1.55. The Morgan fingerprint density at radius 2 is 1.81 bits per heavy atom. The van der Waals surface area contributed by atoms with Gasteiger partial charge < -0.3 is 10.5 Å². The Balaban J connectivity index is 2.44. The van der Waals surface area contributed by atoms with Crippen LogP contribution < -0.4 is 10.5 Å². The normalized spacial score (nSPS) is 10.1. The smallest absolute Gasteiger partial charge is 0.237 e. The highest BCUT2D eigenvalue weighted by Gasteiger charge is 2.04. The van der Waals surface area contributed by atoms with E-state index in [-0.39, 0.29) is 0 Å². The minimum Gasteiger partial charge on any atom is -0.480 e. The average Bonchev–Trinajstić information content (AvgIpc) is 2.31. The van der Waals surface area contributed by atoms with Crippen LogP contribution in [0.2, 0.25) is 0 Å². The number of hydrogen-bond donors (Lipinski definition) is 1. The van der Waals surface area contributed by atoms with Crippen molar-refractivity contribution in [3.8, 4) is 17.1 Å². The zero-order valence-electron chi connectivity index (χ0n) is 8.77. The molecule has 1 aromatic carbocycles. The Labute approximate surface area is 102 Å². The number of nitrogens with two attached hydrogens (primary N) is 1. The summed E-state index contributed by atoms with van der Waals surface area (Å²) in [4.78, 5) is 4.33. The van der Waals surface area contributed by atoms with Crippen LogP contribution in [-0.2, 0) is 0 Å². The largest absolute Gasteiger partial charge is 0.480 e. The summed E-state index contributed by atoms with van der Waals surface area (Å²) in [5.74, 6) is 0.459. The molecule has 0 aliphatic heterocycles. The van der Waals surface area contributed by atoms with Crippen LogP contribution in [0.1, 0.15) is 0 Å². The van der Waals surface area contributed by atoms with Crippen LogP contribution in [0.3, 0.4) is 0 Å². The molecule has 16 heavy (non-hydrogen) atoms. The van der Waals surface area contributed by atoms with E-state index >= 15 is 0 Å². The monoisotopic (exact) mass is 278 g/mol. The molecule has 2 rings (SSSR count). The van der Waals surface area contributed by atoms with Crippen LogP contribution in [-0.4, -0.2) is 12.1 Å². The van der Waals surface area contributed by atoms with Gasteiger partial charge in [0, 0.05) is 10.0 Å². The fraction of sp³-hybridized carbons (Fsp3) is 0.0833. The third-order valence-corrected chi connectivity index (χ3v) is 2.75. The van der Waals surface area contributed by atoms with Gasteiger partial charge in [0.15, 0.2) is 0 Å². The number of ether oxygens (including phenoxy) is 1. The third-order valence-electron chi connectivity index (χ3n) is 2.22. The van der Waals surface area contributed by atoms with Gasteiger partial charge in [0.25, 0.3) is 0 Å².